The zero-order valence-corrected chi connectivity index (χ0v) is 10.9. The van der Waals surface area contributed by atoms with Crippen molar-refractivity contribution in [2.45, 2.75) is 13.5 Å². The SMILES string of the molecule is Cc1cccnc1CNc1cccnc1C(N)=S. The van der Waals surface area contributed by atoms with E-state index in [1.165, 1.54) is 0 Å². The summed E-state index contributed by atoms with van der Waals surface area (Å²) in [6.45, 7) is 2.65. The van der Waals surface area contributed by atoms with Gasteiger partial charge < -0.3 is 11.1 Å². The standard InChI is InChI=1S/C13H14N4S/c1-9-4-2-6-15-11(9)8-17-10-5-3-7-16-12(10)13(14)18/h2-7,17H,8H2,1H3,(H2,14,18). The second-order valence-electron chi connectivity index (χ2n) is 3.88. The Morgan fingerprint density at radius 1 is 1.28 bits per heavy atom. The van der Waals surface area contributed by atoms with Crippen molar-refractivity contribution in [1.82, 2.24) is 9.97 Å². The van der Waals surface area contributed by atoms with Crippen molar-refractivity contribution in [3.8, 4) is 0 Å². The molecule has 0 fully saturated rings. The van der Waals surface area contributed by atoms with E-state index in [0.717, 1.165) is 16.9 Å². The van der Waals surface area contributed by atoms with Crippen molar-refractivity contribution >= 4 is 22.9 Å². The highest BCUT2D eigenvalue weighted by Gasteiger charge is 2.06. The van der Waals surface area contributed by atoms with E-state index in [0.29, 0.717) is 12.2 Å². The van der Waals surface area contributed by atoms with Crippen molar-refractivity contribution in [1.29, 1.82) is 0 Å². The van der Waals surface area contributed by atoms with Gasteiger partial charge in [-0.25, -0.2) is 0 Å². The van der Waals surface area contributed by atoms with Crippen LogP contribution in [-0.2, 0) is 6.54 Å². The van der Waals surface area contributed by atoms with Crippen molar-refractivity contribution in [3.63, 3.8) is 0 Å². The van der Waals surface area contributed by atoms with Gasteiger partial charge in [-0.1, -0.05) is 18.3 Å². The van der Waals surface area contributed by atoms with Crippen LogP contribution >= 0.6 is 12.2 Å². The molecule has 2 rings (SSSR count). The average Bonchev–Trinajstić information content (AvgIpc) is 2.38. The molecule has 0 aromatic carbocycles. The van der Waals surface area contributed by atoms with E-state index in [2.05, 4.69) is 15.3 Å². The van der Waals surface area contributed by atoms with Crippen molar-refractivity contribution < 1.29 is 0 Å². The molecule has 5 heteroatoms. The first-order valence-electron chi connectivity index (χ1n) is 5.57. The van der Waals surface area contributed by atoms with Gasteiger partial charge in [0.25, 0.3) is 0 Å². The molecule has 0 amide bonds. The van der Waals surface area contributed by atoms with Gasteiger partial charge in [0, 0.05) is 12.4 Å². The maximum Gasteiger partial charge on any atom is 0.124 e. The number of thiocarbonyl (C=S) groups is 1. The third kappa shape index (κ3) is 2.81. The Labute approximate surface area is 111 Å². The van der Waals surface area contributed by atoms with Crippen molar-refractivity contribution in [2.24, 2.45) is 5.73 Å². The molecule has 0 aliphatic heterocycles. The Morgan fingerprint density at radius 3 is 2.72 bits per heavy atom. The van der Waals surface area contributed by atoms with Crippen molar-refractivity contribution in [3.05, 3.63) is 53.6 Å². The van der Waals surface area contributed by atoms with Gasteiger partial charge in [0.15, 0.2) is 0 Å². The predicted molar refractivity (Wildman–Crippen MR) is 76.4 cm³/mol. The van der Waals surface area contributed by atoms with E-state index in [9.17, 15) is 0 Å². The molecule has 18 heavy (non-hydrogen) atoms. The maximum atomic E-state index is 5.63. The van der Waals surface area contributed by atoms with Gasteiger partial charge in [-0.15, -0.1) is 0 Å². The summed E-state index contributed by atoms with van der Waals surface area (Å²) in [5.41, 5.74) is 9.21. The summed E-state index contributed by atoms with van der Waals surface area (Å²) in [4.78, 5) is 8.77. The second-order valence-corrected chi connectivity index (χ2v) is 4.32. The lowest BCUT2D eigenvalue weighted by molar-refractivity contribution is 1.01. The van der Waals surface area contributed by atoms with E-state index >= 15 is 0 Å². The van der Waals surface area contributed by atoms with Gasteiger partial charge in [0.2, 0.25) is 0 Å². The summed E-state index contributed by atoms with van der Waals surface area (Å²) < 4.78 is 0. The topological polar surface area (TPSA) is 63.8 Å². The molecular formula is C13H14N4S. The molecule has 0 unspecified atom stereocenters. The molecule has 0 saturated heterocycles. The number of rotatable bonds is 4. The van der Waals surface area contributed by atoms with Crippen LogP contribution in [0.2, 0.25) is 0 Å². The third-order valence-electron chi connectivity index (χ3n) is 2.61. The van der Waals surface area contributed by atoms with Crippen LogP contribution in [0, 0.1) is 6.92 Å². The monoisotopic (exact) mass is 258 g/mol. The first-order chi connectivity index (χ1) is 8.68. The van der Waals surface area contributed by atoms with Crippen LogP contribution in [0.5, 0.6) is 0 Å². The van der Waals surface area contributed by atoms with Crippen LogP contribution in [0.15, 0.2) is 36.7 Å². The van der Waals surface area contributed by atoms with Crippen LogP contribution in [0.25, 0.3) is 0 Å². The highest BCUT2D eigenvalue weighted by molar-refractivity contribution is 7.80. The quantitative estimate of drug-likeness (QED) is 0.822. The summed E-state index contributed by atoms with van der Waals surface area (Å²) in [7, 11) is 0. The number of aromatic nitrogens is 2. The molecule has 2 heterocycles. The number of nitrogens with zero attached hydrogens (tertiary/aromatic N) is 2. The lowest BCUT2D eigenvalue weighted by Crippen LogP contribution is -2.15. The third-order valence-corrected chi connectivity index (χ3v) is 2.80. The minimum absolute atomic E-state index is 0.288. The first-order valence-corrected chi connectivity index (χ1v) is 5.98. The summed E-state index contributed by atoms with van der Waals surface area (Å²) in [5.74, 6) is 0. The van der Waals surface area contributed by atoms with Crippen LogP contribution in [0.4, 0.5) is 5.69 Å². The van der Waals surface area contributed by atoms with Gasteiger partial charge in [0.05, 0.1) is 17.9 Å². The molecule has 4 nitrogen and oxygen atoms in total. The fourth-order valence-electron chi connectivity index (χ4n) is 1.63. The zero-order chi connectivity index (χ0) is 13.0. The molecule has 0 aliphatic rings. The van der Waals surface area contributed by atoms with Gasteiger partial charge in [-0.05, 0) is 30.7 Å². The number of nitrogens with one attached hydrogen (secondary N) is 1. The maximum absolute atomic E-state index is 5.63. The molecule has 2 aromatic heterocycles. The number of nitrogens with two attached hydrogens (primary N) is 1. The summed E-state index contributed by atoms with van der Waals surface area (Å²) in [5, 5.41) is 3.26. The Bertz CT molecular complexity index is 568. The molecule has 0 saturated carbocycles. The van der Waals surface area contributed by atoms with Gasteiger partial charge in [0.1, 0.15) is 10.7 Å². The minimum atomic E-state index is 0.288. The molecule has 0 radical (unpaired) electrons. The summed E-state index contributed by atoms with van der Waals surface area (Å²) >= 11 is 4.97. The smallest absolute Gasteiger partial charge is 0.124 e. The van der Waals surface area contributed by atoms with Crippen LogP contribution in [0.1, 0.15) is 17.0 Å². The Kier molecular flexibility index (Phi) is 3.84. The van der Waals surface area contributed by atoms with Crippen molar-refractivity contribution in [2.75, 3.05) is 5.32 Å². The molecular weight excluding hydrogens is 244 g/mol. The van der Waals surface area contributed by atoms with Crippen LogP contribution in [-0.4, -0.2) is 15.0 Å². The van der Waals surface area contributed by atoms with Crippen LogP contribution < -0.4 is 11.1 Å². The molecule has 2 aromatic rings. The highest BCUT2D eigenvalue weighted by Crippen LogP contribution is 2.14. The Morgan fingerprint density at radius 2 is 2.00 bits per heavy atom. The molecule has 0 atom stereocenters. The minimum Gasteiger partial charge on any atom is -0.388 e. The zero-order valence-electron chi connectivity index (χ0n) is 10.1. The molecule has 92 valence electrons. The van der Waals surface area contributed by atoms with Gasteiger partial charge in [-0.3, -0.25) is 9.97 Å². The average molecular weight is 258 g/mol. The molecule has 3 N–H and O–H groups in total. The first kappa shape index (κ1) is 12.4. The number of anilines is 1. The Balaban J connectivity index is 2.16. The van der Waals surface area contributed by atoms with Crippen LogP contribution in [0.3, 0.4) is 0 Å². The number of pyridine rings is 2. The Hall–Kier alpha value is -2.01. The lowest BCUT2D eigenvalue weighted by Gasteiger charge is -2.10. The fourth-order valence-corrected chi connectivity index (χ4v) is 1.79. The normalized spacial score (nSPS) is 10.1. The second kappa shape index (κ2) is 5.55. The number of aryl methyl sites for hydroxylation is 1. The summed E-state index contributed by atoms with van der Waals surface area (Å²) in [6, 6.07) is 7.69. The lowest BCUT2D eigenvalue weighted by atomic mass is 10.2. The van der Waals surface area contributed by atoms with E-state index in [4.69, 9.17) is 18.0 Å². The van der Waals surface area contributed by atoms with E-state index in [-0.39, 0.29) is 4.99 Å². The van der Waals surface area contributed by atoms with E-state index in [1.807, 2.05) is 31.2 Å². The molecule has 0 bridgehead atoms. The predicted octanol–water partition coefficient (Wildman–Crippen LogP) is 2.03. The van der Waals surface area contributed by atoms with Gasteiger partial charge in [-0.2, -0.15) is 0 Å². The number of hydrogen-bond donors (Lipinski definition) is 2. The molecule has 0 spiro atoms. The largest absolute Gasteiger partial charge is 0.388 e. The van der Waals surface area contributed by atoms with E-state index in [1.54, 1.807) is 12.4 Å². The summed E-state index contributed by atoms with van der Waals surface area (Å²) in [6.07, 6.45) is 3.45. The van der Waals surface area contributed by atoms with E-state index < -0.39 is 0 Å². The van der Waals surface area contributed by atoms with Gasteiger partial charge >= 0.3 is 0 Å². The fraction of sp³-hybridized carbons (Fsp3) is 0.154. The molecule has 0 aliphatic carbocycles. The highest BCUT2D eigenvalue weighted by atomic mass is 32.1. The number of hydrogen-bond acceptors (Lipinski definition) is 4.